The molecule has 0 radical (unpaired) electrons. The lowest BCUT2D eigenvalue weighted by molar-refractivity contribution is 0.340. The molecule has 21 heavy (non-hydrogen) atoms. The number of benzene rings is 1. The third-order valence-electron chi connectivity index (χ3n) is 3.46. The first-order valence-corrected chi connectivity index (χ1v) is 10.0. The molecule has 0 saturated carbocycles. The maximum atomic E-state index is 13.3. The Labute approximate surface area is 124 Å². The van der Waals surface area contributed by atoms with Crippen LogP contribution in [0.4, 0.5) is 4.39 Å². The first-order chi connectivity index (χ1) is 9.76. The van der Waals surface area contributed by atoms with Crippen LogP contribution in [0.5, 0.6) is 0 Å². The third kappa shape index (κ3) is 3.61. The van der Waals surface area contributed by atoms with Crippen molar-refractivity contribution in [2.24, 2.45) is 0 Å². The van der Waals surface area contributed by atoms with Crippen molar-refractivity contribution < 1.29 is 21.2 Å². The topological polar surface area (TPSA) is 71.5 Å². The fraction of sp³-hybridized carbons (Fsp3) is 0.538. The van der Waals surface area contributed by atoms with Crippen molar-refractivity contribution in [3.8, 4) is 0 Å². The maximum Gasteiger partial charge on any atom is 0.243 e. The molecule has 1 fully saturated rings. The van der Waals surface area contributed by atoms with Gasteiger partial charge in [0.2, 0.25) is 10.0 Å². The molecule has 1 aliphatic rings. The summed E-state index contributed by atoms with van der Waals surface area (Å²) in [5.74, 6) is -0.801. The molecule has 118 valence electrons. The smallest absolute Gasteiger partial charge is 0.229 e. The number of sulfone groups is 1. The molecular weight excluding hydrogens is 317 g/mol. The van der Waals surface area contributed by atoms with Crippen LogP contribution >= 0.6 is 0 Å². The largest absolute Gasteiger partial charge is 0.243 e. The van der Waals surface area contributed by atoms with Gasteiger partial charge in [0.15, 0.2) is 9.84 Å². The Morgan fingerprint density at radius 3 is 2.62 bits per heavy atom. The van der Waals surface area contributed by atoms with Gasteiger partial charge in [0.05, 0.1) is 16.4 Å². The lowest BCUT2D eigenvalue weighted by Crippen LogP contribution is -2.41. The number of hydrogen-bond donors (Lipinski definition) is 0. The Bertz CT molecular complexity index is 715. The molecule has 0 N–H and O–H groups in total. The Balaban J connectivity index is 2.37. The summed E-state index contributed by atoms with van der Waals surface area (Å²) >= 11 is 0. The van der Waals surface area contributed by atoms with Gasteiger partial charge in [-0.15, -0.1) is 0 Å². The van der Waals surface area contributed by atoms with Crippen LogP contribution in [-0.2, 0) is 19.9 Å². The van der Waals surface area contributed by atoms with E-state index in [0.717, 1.165) is 6.07 Å². The molecule has 1 atom stereocenters. The zero-order valence-corrected chi connectivity index (χ0v) is 13.3. The first kappa shape index (κ1) is 16.4. The summed E-state index contributed by atoms with van der Waals surface area (Å²) in [4.78, 5) is -0.139. The van der Waals surface area contributed by atoms with Crippen molar-refractivity contribution >= 4 is 19.9 Å². The van der Waals surface area contributed by atoms with Gasteiger partial charge in [-0.1, -0.05) is 13.0 Å². The maximum absolute atomic E-state index is 13.3. The third-order valence-corrected chi connectivity index (χ3v) is 7.16. The highest BCUT2D eigenvalue weighted by atomic mass is 32.2. The molecule has 1 aromatic carbocycles. The summed E-state index contributed by atoms with van der Waals surface area (Å²) in [6, 6.07) is 4.22. The van der Waals surface area contributed by atoms with E-state index < -0.39 is 31.7 Å². The predicted octanol–water partition coefficient (Wildman–Crippen LogP) is 1.41. The standard InChI is InChI=1S/C13H18FNO4S2/c1-2-7-15(12-6-8-20(16,17)10-12)21(18,19)13-5-3-4-11(14)9-13/h3-5,9,12H,2,6-8,10H2,1H3. The zero-order valence-electron chi connectivity index (χ0n) is 11.7. The highest BCUT2D eigenvalue weighted by molar-refractivity contribution is 7.92. The molecule has 1 saturated heterocycles. The van der Waals surface area contributed by atoms with Gasteiger partial charge < -0.3 is 0 Å². The van der Waals surface area contributed by atoms with E-state index in [9.17, 15) is 21.2 Å². The second kappa shape index (κ2) is 6.02. The first-order valence-electron chi connectivity index (χ1n) is 6.74. The molecule has 0 aliphatic carbocycles. The summed E-state index contributed by atoms with van der Waals surface area (Å²) in [5, 5.41) is 0. The van der Waals surface area contributed by atoms with Gasteiger partial charge in [-0.05, 0) is 31.0 Å². The Kier molecular flexibility index (Phi) is 4.69. The molecule has 0 amide bonds. The Morgan fingerprint density at radius 1 is 1.38 bits per heavy atom. The second-order valence-electron chi connectivity index (χ2n) is 5.13. The normalized spacial score (nSPS) is 21.8. The fourth-order valence-electron chi connectivity index (χ4n) is 2.48. The van der Waals surface area contributed by atoms with E-state index in [-0.39, 0.29) is 29.4 Å². The van der Waals surface area contributed by atoms with Crippen molar-refractivity contribution in [3.63, 3.8) is 0 Å². The molecule has 1 aromatic rings. The summed E-state index contributed by atoms with van der Waals surface area (Å²) < 4.78 is 62.9. The highest BCUT2D eigenvalue weighted by Crippen LogP contribution is 2.25. The van der Waals surface area contributed by atoms with E-state index in [1.165, 1.54) is 22.5 Å². The van der Waals surface area contributed by atoms with E-state index in [1.807, 2.05) is 6.92 Å². The number of sulfonamides is 1. The van der Waals surface area contributed by atoms with Crippen LogP contribution in [0.25, 0.3) is 0 Å². The van der Waals surface area contributed by atoms with E-state index in [1.54, 1.807) is 0 Å². The predicted molar refractivity (Wildman–Crippen MR) is 77.6 cm³/mol. The van der Waals surface area contributed by atoms with Gasteiger partial charge in [0.1, 0.15) is 5.82 Å². The van der Waals surface area contributed by atoms with Crippen molar-refractivity contribution in [3.05, 3.63) is 30.1 Å². The average Bonchev–Trinajstić information content (AvgIpc) is 2.75. The minimum atomic E-state index is -3.89. The molecule has 2 rings (SSSR count). The minimum Gasteiger partial charge on any atom is -0.229 e. The van der Waals surface area contributed by atoms with Gasteiger partial charge in [0.25, 0.3) is 0 Å². The molecule has 5 nitrogen and oxygen atoms in total. The van der Waals surface area contributed by atoms with Crippen LogP contribution in [0.15, 0.2) is 29.2 Å². The lowest BCUT2D eigenvalue weighted by Gasteiger charge is -2.27. The summed E-state index contributed by atoms with van der Waals surface area (Å²) in [7, 11) is -7.08. The second-order valence-corrected chi connectivity index (χ2v) is 9.25. The molecule has 0 bridgehead atoms. The van der Waals surface area contributed by atoms with Crippen molar-refractivity contribution in [2.45, 2.75) is 30.7 Å². The van der Waals surface area contributed by atoms with Gasteiger partial charge in [-0.3, -0.25) is 0 Å². The summed E-state index contributed by atoms with van der Waals surface area (Å²) in [5.41, 5.74) is 0. The molecule has 1 unspecified atom stereocenters. The monoisotopic (exact) mass is 335 g/mol. The fourth-order valence-corrected chi connectivity index (χ4v) is 6.09. The van der Waals surface area contributed by atoms with E-state index in [2.05, 4.69) is 0 Å². The summed E-state index contributed by atoms with van der Waals surface area (Å²) in [6.45, 7) is 2.04. The van der Waals surface area contributed by atoms with Gasteiger partial charge in [-0.25, -0.2) is 21.2 Å². The van der Waals surface area contributed by atoms with E-state index in [4.69, 9.17) is 0 Å². The zero-order chi connectivity index (χ0) is 15.7. The van der Waals surface area contributed by atoms with Gasteiger partial charge in [0, 0.05) is 12.6 Å². The average molecular weight is 335 g/mol. The summed E-state index contributed by atoms with van der Waals surface area (Å²) in [6.07, 6.45) is 0.849. The molecular formula is C13H18FNO4S2. The Morgan fingerprint density at radius 2 is 2.10 bits per heavy atom. The Hall–Kier alpha value is -0.990. The van der Waals surface area contributed by atoms with Crippen molar-refractivity contribution in [2.75, 3.05) is 18.1 Å². The molecule has 1 aliphatic heterocycles. The van der Waals surface area contributed by atoms with E-state index >= 15 is 0 Å². The van der Waals surface area contributed by atoms with Crippen LogP contribution in [0.1, 0.15) is 19.8 Å². The van der Waals surface area contributed by atoms with E-state index in [0.29, 0.717) is 6.42 Å². The lowest BCUT2D eigenvalue weighted by atomic mass is 10.2. The highest BCUT2D eigenvalue weighted by Gasteiger charge is 2.38. The number of hydrogen-bond acceptors (Lipinski definition) is 4. The molecule has 0 aromatic heterocycles. The van der Waals surface area contributed by atoms with Crippen LogP contribution in [-0.4, -0.2) is 45.2 Å². The van der Waals surface area contributed by atoms with Gasteiger partial charge >= 0.3 is 0 Å². The van der Waals surface area contributed by atoms with Gasteiger partial charge in [-0.2, -0.15) is 4.31 Å². The van der Waals surface area contributed by atoms with Crippen LogP contribution in [0.2, 0.25) is 0 Å². The quantitative estimate of drug-likeness (QED) is 0.816. The minimum absolute atomic E-state index is 0.00342. The van der Waals surface area contributed by atoms with Crippen LogP contribution < -0.4 is 0 Å². The number of nitrogens with zero attached hydrogens (tertiary/aromatic N) is 1. The van der Waals surface area contributed by atoms with Crippen LogP contribution in [0, 0.1) is 5.82 Å². The molecule has 0 spiro atoms. The van der Waals surface area contributed by atoms with Crippen molar-refractivity contribution in [1.29, 1.82) is 0 Å². The van der Waals surface area contributed by atoms with Crippen molar-refractivity contribution in [1.82, 2.24) is 4.31 Å². The molecule has 1 heterocycles. The SMILES string of the molecule is CCCN(C1CCS(=O)(=O)C1)S(=O)(=O)c1cccc(F)c1. The number of rotatable bonds is 5. The van der Waals surface area contributed by atoms with Crippen LogP contribution in [0.3, 0.4) is 0 Å². The molecule has 8 heteroatoms. The number of halogens is 1.